The predicted octanol–water partition coefficient (Wildman–Crippen LogP) is 4.88. The second-order valence-corrected chi connectivity index (χ2v) is 9.41. The molecule has 29 heavy (non-hydrogen) atoms. The van der Waals surface area contributed by atoms with Gasteiger partial charge in [-0.05, 0) is 37.6 Å². The maximum absolute atomic E-state index is 5.48. The second kappa shape index (κ2) is 7.45. The molecule has 0 aliphatic carbocycles. The third-order valence-corrected chi connectivity index (χ3v) is 5.76. The summed E-state index contributed by atoms with van der Waals surface area (Å²) in [6, 6.07) is 6.81. The lowest BCUT2D eigenvalue weighted by atomic mass is 9.95. The van der Waals surface area contributed by atoms with E-state index in [1.165, 1.54) is 27.7 Å². The first-order valence-electron chi connectivity index (χ1n) is 10.5. The van der Waals surface area contributed by atoms with Crippen LogP contribution in [-0.4, -0.2) is 33.1 Å². The summed E-state index contributed by atoms with van der Waals surface area (Å²) < 4.78 is 7.84. The molecule has 1 aromatic carbocycles. The Hall–Kier alpha value is -2.40. The summed E-state index contributed by atoms with van der Waals surface area (Å²) in [5.41, 5.74) is 5.08. The molecular formula is C24H32N4O. The van der Waals surface area contributed by atoms with Gasteiger partial charge in [0, 0.05) is 72.1 Å². The molecule has 0 bridgehead atoms. The average molecular weight is 393 g/mol. The first kappa shape index (κ1) is 19.9. The van der Waals surface area contributed by atoms with Crippen LogP contribution in [0.15, 0.2) is 30.6 Å². The molecule has 2 aromatic heterocycles. The average Bonchev–Trinajstić information content (AvgIpc) is 3.04. The van der Waals surface area contributed by atoms with Crippen molar-refractivity contribution in [2.45, 2.75) is 65.6 Å². The Morgan fingerprint density at radius 1 is 1.21 bits per heavy atom. The molecule has 1 aliphatic heterocycles. The van der Waals surface area contributed by atoms with Crippen LogP contribution in [-0.2, 0) is 24.9 Å². The van der Waals surface area contributed by atoms with Gasteiger partial charge in [0.15, 0.2) is 0 Å². The van der Waals surface area contributed by atoms with Gasteiger partial charge in [0.1, 0.15) is 11.6 Å². The lowest BCUT2D eigenvalue weighted by Crippen LogP contribution is -2.31. The van der Waals surface area contributed by atoms with Crippen molar-refractivity contribution in [1.82, 2.24) is 19.4 Å². The summed E-state index contributed by atoms with van der Waals surface area (Å²) in [4.78, 5) is 12.0. The molecule has 0 fully saturated rings. The summed E-state index contributed by atoms with van der Waals surface area (Å²) >= 11 is 0. The van der Waals surface area contributed by atoms with Crippen LogP contribution in [0.4, 0.5) is 0 Å². The molecule has 0 atom stereocenters. The van der Waals surface area contributed by atoms with Crippen LogP contribution >= 0.6 is 0 Å². The monoisotopic (exact) mass is 392 g/mol. The number of nitrogens with zero attached hydrogens (tertiary/aromatic N) is 4. The number of rotatable bonds is 4. The molecule has 1 aliphatic rings. The first-order chi connectivity index (χ1) is 13.8. The van der Waals surface area contributed by atoms with Gasteiger partial charge in [0.05, 0.1) is 7.11 Å². The van der Waals surface area contributed by atoms with Crippen molar-refractivity contribution in [3.63, 3.8) is 0 Å². The zero-order valence-electron chi connectivity index (χ0n) is 18.5. The summed E-state index contributed by atoms with van der Waals surface area (Å²) in [7, 11) is 1.73. The topological polar surface area (TPSA) is 43.2 Å². The van der Waals surface area contributed by atoms with Crippen molar-refractivity contribution in [2.75, 3.05) is 13.7 Å². The van der Waals surface area contributed by atoms with Crippen LogP contribution in [0.2, 0.25) is 0 Å². The largest absolute Gasteiger partial charge is 0.497 e. The highest BCUT2D eigenvalue weighted by molar-refractivity contribution is 5.85. The highest BCUT2D eigenvalue weighted by Crippen LogP contribution is 2.30. The van der Waals surface area contributed by atoms with E-state index in [0.717, 1.165) is 37.6 Å². The third-order valence-electron chi connectivity index (χ3n) is 5.76. The fourth-order valence-electron chi connectivity index (χ4n) is 4.10. The highest BCUT2D eigenvalue weighted by Gasteiger charge is 2.24. The number of ether oxygens (including phenoxy) is 1. The Balaban J connectivity index is 1.61. The maximum Gasteiger partial charge on any atom is 0.133 e. The number of aromatic nitrogens is 3. The van der Waals surface area contributed by atoms with Gasteiger partial charge in [-0.25, -0.2) is 9.97 Å². The van der Waals surface area contributed by atoms with Gasteiger partial charge in [0.2, 0.25) is 0 Å². The van der Waals surface area contributed by atoms with Crippen molar-refractivity contribution >= 4 is 10.9 Å². The molecule has 0 N–H and O–H groups in total. The van der Waals surface area contributed by atoms with Gasteiger partial charge in [0.25, 0.3) is 0 Å². The van der Waals surface area contributed by atoms with Crippen molar-refractivity contribution in [2.24, 2.45) is 0 Å². The molecule has 0 radical (unpaired) electrons. The lowest BCUT2D eigenvalue weighted by Gasteiger charge is -2.29. The Morgan fingerprint density at radius 2 is 2.00 bits per heavy atom. The van der Waals surface area contributed by atoms with Crippen LogP contribution in [0.25, 0.3) is 10.9 Å². The van der Waals surface area contributed by atoms with Crippen LogP contribution in [0.5, 0.6) is 5.75 Å². The fourth-order valence-corrected chi connectivity index (χ4v) is 4.10. The zero-order valence-corrected chi connectivity index (χ0v) is 18.5. The van der Waals surface area contributed by atoms with Gasteiger partial charge in [-0.3, -0.25) is 4.90 Å². The van der Waals surface area contributed by atoms with Crippen LogP contribution in [0, 0.1) is 0 Å². The number of hydrogen-bond donors (Lipinski definition) is 0. The number of benzene rings is 1. The van der Waals surface area contributed by atoms with Crippen molar-refractivity contribution in [3.05, 3.63) is 53.2 Å². The van der Waals surface area contributed by atoms with E-state index in [9.17, 15) is 0 Å². The summed E-state index contributed by atoms with van der Waals surface area (Å²) in [5.74, 6) is 1.85. The van der Waals surface area contributed by atoms with E-state index in [1.807, 2.05) is 12.3 Å². The standard InChI is InChI=1S/C24H32N4O/c1-16(2)28-15-18(20-11-19(29-6)7-8-22(20)28)14-27-10-9-21-17(13-27)12-25-23(26-21)24(3,4)5/h7-8,11-12,15-16H,9-10,13-14H2,1-6H3. The number of methoxy groups -OCH3 is 1. The molecule has 3 heterocycles. The Labute approximate surface area is 173 Å². The molecule has 4 rings (SSSR count). The minimum Gasteiger partial charge on any atom is -0.497 e. The molecule has 5 nitrogen and oxygen atoms in total. The third kappa shape index (κ3) is 3.88. The second-order valence-electron chi connectivity index (χ2n) is 9.41. The summed E-state index contributed by atoms with van der Waals surface area (Å²) in [5, 5.41) is 1.28. The van der Waals surface area contributed by atoms with Crippen LogP contribution in [0.1, 0.15) is 63.3 Å². The van der Waals surface area contributed by atoms with Crippen molar-refractivity contribution in [3.8, 4) is 5.75 Å². The molecule has 0 amide bonds. The quantitative estimate of drug-likeness (QED) is 0.635. The highest BCUT2D eigenvalue weighted by atomic mass is 16.5. The Bertz CT molecular complexity index is 1030. The zero-order chi connectivity index (χ0) is 20.8. The van der Waals surface area contributed by atoms with Gasteiger partial charge >= 0.3 is 0 Å². The number of fused-ring (bicyclic) bond motifs is 2. The van der Waals surface area contributed by atoms with Crippen LogP contribution in [0.3, 0.4) is 0 Å². The van der Waals surface area contributed by atoms with E-state index in [4.69, 9.17) is 9.72 Å². The minimum absolute atomic E-state index is 0.0100. The van der Waals surface area contributed by atoms with Gasteiger partial charge in [-0.15, -0.1) is 0 Å². The Kier molecular flexibility index (Phi) is 5.11. The molecule has 0 saturated carbocycles. The minimum atomic E-state index is -0.0100. The van der Waals surface area contributed by atoms with Gasteiger partial charge in [-0.2, -0.15) is 0 Å². The molecule has 154 valence electrons. The van der Waals surface area contributed by atoms with E-state index < -0.39 is 0 Å². The van der Waals surface area contributed by atoms with E-state index in [-0.39, 0.29) is 5.41 Å². The lowest BCUT2D eigenvalue weighted by molar-refractivity contribution is 0.242. The van der Waals surface area contributed by atoms with Crippen molar-refractivity contribution < 1.29 is 4.74 Å². The molecule has 0 spiro atoms. The van der Waals surface area contributed by atoms with E-state index in [1.54, 1.807) is 7.11 Å². The van der Waals surface area contributed by atoms with E-state index >= 15 is 0 Å². The summed E-state index contributed by atoms with van der Waals surface area (Å²) in [6.07, 6.45) is 5.33. The first-order valence-corrected chi connectivity index (χ1v) is 10.5. The molecule has 0 unspecified atom stereocenters. The van der Waals surface area contributed by atoms with Crippen LogP contribution < -0.4 is 4.74 Å². The number of hydrogen-bond acceptors (Lipinski definition) is 4. The predicted molar refractivity (Wildman–Crippen MR) is 117 cm³/mol. The summed E-state index contributed by atoms with van der Waals surface area (Å²) in [6.45, 7) is 13.8. The normalized spacial score (nSPS) is 15.1. The molecular weight excluding hydrogens is 360 g/mol. The SMILES string of the molecule is COc1ccc2c(c1)c(CN1CCc3nc(C(C)(C)C)ncc3C1)cn2C(C)C. The maximum atomic E-state index is 5.48. The molecule has 0 saturated heterocycles. The molecule has 3 aromatic rings. The smallest absolute Gasteiger partial charge is 0.133 e. The van der Waals surface area contributed by atoms with Gasteiger partial charge < -0.3 is 9.30 Å². The van der Waals surface area contributed by atoms with E-state index in [2.05, 4.69) is 67.4 Å². The fraction of sp³-hybridized carbons (Fsp3) is 0.500. The van der Waals surface area contributed by atoms with E-state index in [0.29, 0.717) is 6.04 Å². The Morgan fingerprint density at radius 3 is 2.69 bits per heavy atom. The molecule has 5 heteroatoms. The van der Waals surface area contributed by atoms with Gasteiger partial charge in [-0.1, -0.05) is 20.8 Å². The van der Waals surface area contributed by atoms with Crippen molar-refractivity contribution in [1.29, 1.82) is 0 Å².